The van der Waals surface area contributed by atoms with Crippen molar-refractivity contribution in [2.24, 2.45) is 5.92 Å². The molecule has 1 radical (unpaired) electrons. The van der Waals surface area contributed by atoms with Gasteiger partial charge in [-0.2, -0.15) is 29.8 Å². The van der Waals surface area contributed by atoms with Gasteiger partial charge in [-0.15, -0.1) is 5.56 Å². The van der Waals surface area contributed by atoms with Gasteiger partial charge in [-0.1, -0.05) is 27.7 Å². The molecule has 0 bridgehead atoms. The van der Waals surface area contributed by atoms with Gasteiger partial charge in [-0.05, 0) is 12.3 Å². The van der Waals surface area contributed by atoms with E-state index in [0.29, 0.717) is 5.92 Å². The van der Waals surface area contributed by atoms with E-state index in [1.807, 2.05) is 26.0 Å². The molecule has 0 aromatic heterocycles. The van der Waals surface area contributed by atoms with Crippen molar-refractivity contribution in [3.8, 4) is 0 Å². The van der Waals surface area contributed by atoms with Crippen LogP contribution in [0.2, 0.25) is 0 Å². The summed E-state index contributed by atoms with van der Waals surface area (Å²) in [6.45, 7) is 8.15. The van der Waals surface area contributed by atoms with E-state index >= 15 is 0 Å². The molecule has 0 atom stereocenters. The fourth-order valence-corrected chi connectivity index (χ4v) is 2.17. The Morgan fingerprint density at radius 1 is 1.33 bits per heavy atom. The van der Waals surface area contributed by atoms with Crippen LogP contribution in [-0.2, 0) is 43.9 Å². The second kappa shape index (κ2) is 9.10. The standard InChI is InChI=1S/C15H17F2O.C2H6.Y/c1-10(2)12-5-3-11(4-6-12)7-14(18)13-8-15(16,17)9-13;1-2;/h3-5,10,13H,7-9H2,1-2H3;1-2H3;/q-1;;. The first-order valence-electron chi connectivity index (χ1n) is 7.28. The first kappa shape index (κ1) is 20.9. The molecule has 0 aliphatic heterocycles. The number of rotatable bonds is 4. The molecule has 1 aromatic carbocycles. The Labute approximate surface area is 151 Å². The first-order chi connectivity index (χ1) is 9.37. The second-order valence-corrected chi connectivity index (χ2v) is 5.41. The van der Waals surface area contributed by atoms with Gasteiger partial charge in [0.25, 0.3) is 0 Å². The van der Waals surface area contributed by atoms with Gasteiger partial charge in [0.1, 0.15) is 5.78 Å². The first-order valence-corrected chi connectivity index (χ1v) is 7.28. The Bertz CT molecular complexity index is 433. The molecule has 0 N–H and O–H groups in total. The summed E-state index contributed by atoms with van der Waals surface area (Å²) in [7, 11) is 0. The number of benzene rings is 1. The van der Waals surface area contributed by atoms with E-state index < -0.39 is 11.8 Å². The van der Waals surface area contributed by atoms with Crippen LogP contribution >= 0.6 is 0 Å². The third kappa shape index (κ3) is 6.24. The Morgan fingerprint density at radius 3 is 2.29 bits per heavy atom. The topological polar surface area (TPSA) is 17.1 Å². The van der Waals surface area contributed by atoms with E-state index in [1.165, 1.54) is 0 Å². The zero-order valence-corrected chi connectivity index (χ0v) is 16.1. The van der Waals surface area contributed by atoms with Crippen molar-refractivity contribution in [3.63, 3.8) is 0 Å². The number of hydrogen-bond donors (Lipinski definition) is 0. The number of alkyl halides is 2. The Kier molecular flexibility index (Phi) is 9.03. The molecule has 0 spiro atoms. The number of carbonyl (C=O) groups is 1. The maximum atomic E-state index is 12.7. The van der Waals surface area contributed by atoms with Gasteiger partial charge in [0.2, 0.25) is 5.92 Å². The molecule has 115 valence electrons. The maximum absolute atomic E-state index is 12.7. The van der Waals surface area contributed by atoms with Crippen LogP contribution in [0.1, 0.15) is 57.6 Å². The van der Waals surface area contributed by atoms with E-state index in [9.17, 15) is 13.6 Å². The van der Waals surface area contributed by atoms with Gasteiger partial charge in [-0.3, -0.25) is 0 Å². The molecule has 2 rings (SSSR count). The molecule has 1 aliphatic rings. The van der Waals surface area contributed by atoms with Crippen molar-refractivity contribution in [2.45, 2.75) is 58.8 Å². The number of halogens is 2. The van der Waals surface area contributed by atoms with Crippen LogP contribution in [0.15, 0.2) is 18.2 Å². The molecular weight excluding hydrogens is 347 g/mol. The van der Waals surface area contributed by atoms with E-state index in [4.69, 9.17) is 0 Å². The van der Waals surface area contributed by atoms with Gasteiger partial charge in [0.15, 0.2) is 0 Å². The Balaban J connectivity index is 0.00000128. The summed E-state index contributed by atoms with van der Waals surface area (Å²) in [5.74, 6) is -2.75. The van der Waals surface area contributed by atoms with Crippen LogP contribution in [0.4, 0.5) is 8.78 Å². The van der Waals surface area contributed by atoms with Gasteiger partial charge in [-0.25, -0.2) is 8.78 Å². The van der Waals surface area contributed by atoms with Crippen LogP contribution < -0.4 is 0 Å². The van der Waals surface area contributed by atoms with E-state index in [1.54, 1.807) is 6.07 Å². The summed E-state index contributed by atoms with van der Waals surface area (Å²) in [4.78, 5) is 11.8. The van der Waals surface area contributed by atoms with Crippen molar-refractivity contribution in [1.29, 1.82) is 0 Å². The average Bonchev–Trinajstić information content (AvgIpc) is 2.38. The average molecular weight is 370 g/mol. The van der Waals surface area contributed by atoms with Gasteiger partial charge < -0.3 is 4.79 Å². The zero-order chi connectivity index (χ0) is 15.3. The molecule has 0 saturated heterocycles. The second-order valence-electron chi connectivity index (χ2n) is 5.41. The molecule has 1 saturated carbocycles. The molecule has 1 nitrogen and oxygen atoms in total. The summed E-state index contributed by atoms with van der Waals surface area (Å²) in [6, 6.07) is 8.76. The van der Waals surface area contributed by atoms with Crippen molar-refractivity contribution in [1.82, 2.24) is 0 Å². The third-order valence-electron chi connectivity index (χ3n) is 3.45. The summed E-state index contributed by atoms with van der Waals surface area (Å²) < 4.78 is 25.3. The molecular formula is C17H23F2OY-. The van der Waals surface area contributed by atoms with Crippen LogP contribution in [0, 0.1) is 12.0 Å². The van der Waals surface area contributed by atoms with Crippen molar-refractivity contribution in [2.75, 3.05) is 0 Å². The predicted octanol–water partition coefficient (Wildman–Crippen LogP) is 4.79. The van der Waals surface area contributed by atoms with Crippen molar-refractivity contribution >= 4 is 5.78 Å². The molecule has 1 aliphatic carbocycles. The van der Waals surface area contributed by atoms with Crippen LogP contribution in [0.25, 0.3) is 0 Å². The molecule has 0 unspecified atom stereocenters. The molecule has 0 amide bonds. The summed E-state index contributed by atoms with van der Waals surface area (Å²) >= 11 is 0. The molecule has 1 fully saturated rings. The normalized spacial score (nSPS) is 16.3. The van der Waals surface area contributed by atoms with Gasteiger partial charge in [0.05, 0.1) is 0 Å². The van der Waals surface area contributed by atoms with Crippen LogP contribution in [0.3, 0.4) is 0 Å². The largest absolute Gasteiger partial charge is 0.300 e. The fourth-order valence-electron chi connectivity index (χ4n) is 2.17. The predicted molar refractivity (Wildman–Crippen MR) is 77.1 cm³/mol. The SMILES string of the molecule is CC.CC(C)c1[c-]cc(CC(=O)C2CC(F)(F)C2)cc1.[Y]. The fraction of sp³-hybridized carbons (Fsp3) is 0.588. The van der Waals surface area contributed by atoms with E-state index in [2.05, 4.69) is 19.9 Å². The van der Waals surface area contributed by atoms with Crippen molar-refractivity contribution < 1.29 is 46.3 Å². The smallest absolute Gasteiger partial charge is 0.249 e. The van der Waals surface area contributed by atoms with Crippen molar-refractivity contribution in [3.05, 3.63) is 35.4 Å². The number of hydrogen-bond acceptors (Lipinski definition) is 1. The number of Topliss-reactive ketones (excluding diaryl/α,β-unsaturated/α-hetero) is 1. The van der Waals surface area contributed by atoms with Gasteiger partial charge in [0, 0.05) is 51.5 Å². The van der Waals surface area contributed by atoms with Crippen LogP contribution in [0.5, 0.6) is 0 Å². The zero-order valence-electron chi connectivity index (χ0n) is 13.2. The summed E-state index contributed by atoms with van der Waals surface area (Å²) in [5.41, 5.74) is 1.96. The van der Waals surface area contributed by atoms with E-state index in [0.717, 1.165) is 11.1 Å². The minimum absolute atomic E-state index is 0. The molecule has 4 heteroatoms. The summed E-state index contributed by atoms with van der Waals surface area (Å²) in [6.07, 6.45) is -0.311. The Hall–Kier alpha value is -0.146. The Morgan fingerprint density at radius 2 is 1.90 bits per heavy atom. The van der Waals surface area contributed by atoms with Gasteiger partial charge >= 0.3 is 0 Å². The molecule has 0 heterocycles. The summed E-state index contributed by atoms with van der Waals surface area (Å²) in [5, 5.41) is 0. The monoisotopic (exact) mass is 370 g/mol. The number of ketones is 1. The van der Waals surface area contributed by atoms with Crippen LogP contribution in [-0.4, -0.2) is 11.7 Å². The maximum Gasteiger partial charge on any atom is 0.249 e. The number of carbonyl (C=O) groups excluding carboxylic acids is 1. The third-order valence-corrected chi connectivity index (χ3v) is 3.45. The molecule has 1 aromatic rings. The quantitative estimate of drug-likeness (QED) is 0.697. The van der Waals surface area contributed by atoms with E-state index in [-0.39, 0.29) is 57.8 Å². The molecule has 21 heavy (non-hydrogen) atoms. The minimum atomic E-state index is -2.62. The minimum Gasteiger partial charge on any atom is -0.300 e.